The smallest absolute Gasteiger partial charge is 0.191 e. The van der Waals surface area contributed by atoms with E-state index in [1.165, 1.54) is 4.88 Å². The summed E-state index contributed by atoms with van der Waals surface area (Å²) in [6.45, 7) is 2.35. The van der Waals surface area contributed by atoms with Crippen molar-refractivity contribution in [2.45, 2.75) is 17.8 Å². The van der Waals surface area contributed by atoms with Crippen molar-refractivity contribution in [2.24, 2.45) is 12.8 Å². The number of nitrogens with zero attached hydrogens (tertiary/aromatic N) is 3. The van der Waals surface area contributed by atoms with Gasteiger partial charge in [0, 0.05) is 28.6 Å². The Morgan fingerprint density at radius 3 is 3.00 bits per heavy atom. The van der Waals surface area contributed by atoms with Crippen molar-refractivity contribution in [1.29, 1.82) is 0 Å². The zero-order valence-electron chi connectivity index (χ0n) is 10.3. The van der Waals surface area contributed by atoms with Gasteiger partial charge in [0.1, 0.15) is 5.82 Å². The lowest BCUT2D eigenvalue weighted by Gasteiger charge is -1.99. The van der Waals surface area contributed by atoms with Crippen LogP contribution in [0.2, 0.25) is 0 Å². The fourth-order valence-electron chi connectivity index (χ4n) is 1.32. The minimum Gasteiger partial charge on any atom is -0.320 e. The lowest BCUT2D eigenvalue weighted by molar-refractivity contribution is 0.765. The second-order valence-electron chi connectivity index (χ2n) is 3.69. The highest BCUT2D eigenvalue weighted by Gasteiger charge is 2.06. The molecule has 0 bridgehead atoms. The van der Waals surface area contributed by atoms with Crippen LogP contribution in [-0.4, -0.2) is 21.3 Å². The van der Waals surface area contributed by atoms with Crippen LogP contribution in [0.15, 0.2) is 16.6 Å². The number of hydrogen-bond donors (Lipinski definition) is 1. The van der Waals surface area contributed by atoms with E-state index < -0.39 is 0 Å². The van der Waals surface area contributed by atoms with Gasteiger partial charge in [-0.3, -0.25) is 0 Å². The number of aryl methyl sites for hydroxylation is 1. The quantitative estimate of drug-likeness (QED) is 0.687. The SMILES string of the molecule is Cc1nnc(SCc2cc(C#CCN)cs2)n1C. The number of rotatable bonds is 3. The van der Waals surface area contributed by atoms with Crippen LogP contribution in [0.5, 0.6) is 0 Å². The van der Waals surface area contributed by atoms with Gasteiger partial charge < -0.3 is 10.3 Å². The molecule has 0 atom stereocenters. The van der Waals surface area contributed by atoms with E-state index in [2.05, 4.69) is 33.5 Å². The van der Waals surface area contributed by atoms with Gasteiger partial charge in [0.25, 0.3) is 0 Å². The predicted octanol–water partition coefficient (Wildman–Crippen LogP) is 1.79. The summed E-state index contributed by atoms with van der Waals surface area (Å²) in [6.07, 6.45) is 0. The van der Waals surface area contributed by atoms with Crippen LogP contribution < -0.4 is 5.73 Å². The minimum absolute atomic E-state index is 0.401. The average molecular weight is 278 g/mol. The fourth-order valence-corrected chi connectivity index (χ4v) is 3.15. The molecule has 0 spiro atoms. The molecule has 6 heteroatoms. The van der Waals surface area contributed by atoms with Crippen LogP contribution in [0.3, 0.4) is 0 Å². The lowest BCUT2D eigenvalue weighted by Crippen LogP contribution is -1.93. The van der Waals surface area contributed by atoms with Crippen molar-refractivity contribution in [3.8, 4) is 11.8 Å². The first-order valence-corrected chi connectivity index (χ1v) is 7.32. The van der Waals surface area contributed by atoms with Gasteiger partial charge in [-0.25, -0.2) is 0 Å². The van der Waals surface area contributed by atoms with Crippen LogP contribution in [0.1, 0.15) is 16.3 Å². The van der Waals surface area contributed by atoms with Crippen LogP contribution in [0.4, 0.5) is 0 Å². The van der Waals surface area contributed by atoms with Crippen molar-refractivity contribution in [1.82, 2.24) is 14.8 Å². The number of aromatic nitrogens is 3. The molecular formula is C12H14N4S2. The third kappa shape index (κ3) is 3.13. The van der Waals surface area contributed by atoms with Gasteiger partial charge >= 0.3 is 0 Å². The molecule has 0 aliphatic heterocycles. The van der Waals surface area contributed by atoms with Gasteiger partial charge in [-0.1, -0.05) is 23.6 Å². The zero-order valence-corrected chi connectivity index (χ0v) is 11.9. The first kappa shape index (κ1) is 13.1. The molecule has 0 unspecified atom stereocenters. The summed E-state index contributed by atoms with van der Waals surface area (Å²) in [6, 6.07) is 2.10. The first-order chi connectivity index (χ1) is 8.70. The third-order valence-electron chi connectivity index (χ3n) is 2.38. The maximum absolute atomic E-state index is 5.34. The summed E-state index contributed by atoms with van der Waals surface area (Å²) in [7, 11) is 1.98. The topological polar surface area (TPSA) is 56.7 Å². The molecule has 0 saturated carbocycles. The Balaban J connectivity index is 1.98. The number of thiophene rings is 1. The van der Waals surface area contributed by atoms with E-state index in [-0.39, 0.29) is 0 Å². The Morgan fingerprint density at radius 2 is 2.33 bits per heavy atom. The van der Waals surface area contributed by atoms with Crippen LogP contribution >= 0.6 is 23.1 Å². The van der Waals surface area contributed by atoms with E-state index in [0.717, 1.165) is 22.3 Å². The summed E-state index contributed by atoms with van der Waals surface area (Å²) >= 11 is 3.40. The summed E-state index contributed by atoms with van der Waals surface area (Å²) in [5, 5.41) is 11.2. The van der Waals surface area contributed by atoms with Crippen molar-refractivity contribution in [2.75, 3.05) is 6.54 Å². The first-order valence-electron chi connectivity index (χ1n) is 5.46. The zero-order chi connectivity index (χ0) is 13.0. The van der Waals surface area contributed by atoms with Crippen molar-refractivity contribution < 1.29 is 0 Å². The van der Waals surface area contributed by atoms with E-state index in [4.69, 9.17) is 5.73 Å². The van der Waals surface area contributed by atoms with Crippen LogP contribution in [0, 0.1) is 18.8 Å². The van der Waals surface area contributed by atoms with Crippen molar-refractivity contribution >= 4 is 23.1 Å². The number of nitrogens with two attached hydrogens (primary N) is 1. The molecule has 4 nitrogen and oxygen atoms in total. The molecule has 2 aromatic rings. The summed E-state index contributed by atoms with van der Waals surface area (Å²) < 4.78 is 1.99. The van der Waals surface area contributed by atoms with E-state index in [0.29, 0.717) is 6.54 Å². The molecule has 0 aromatic carbocycles. The Morgan fingerprint density at radius 1 is 1.50 bits per heavy atom. The number of thioether (sulfide) groups is 1. The van der Waals surface area contributed by atoms with Gasteiger partial charge in [-0.2, -0.15) is 0 Å². The molecule has 0 aliphatic rings. The Labute approximate surface area is 115 Å². The van der Waals surface area contributed by atoms with Gasteiger partial charge in [-0.15, -0.1) is 21.5 Å². The molecule has 2 aromatic heterocycles. The highest BCUT2D eigenvalue weighted by Crippen LogP contribution is 2.24. The highest BCUT2D eigenvalue weighted by molar-refractivity contribution is 7.98. The molecule has 0 saturated heterocycles. The summed E-state index contributed by atoms with van der Waals surface area (Å²) in [5.74, 6) is 7.71. The Bertz CT molecular complexity index is 589. The summed E-state index contributed by atoms with van der Waals surface area (Å²) in [4.78, 5) is 1.28. The monoisotopic (exact) mass is 278 g/mol. The molecule has 0 amide bonds. The molecule has 2 N–H and O–H groups in total. The van der Waals surface area contributed by atoms with E-state index in [9.17, 15) is 0 Å². The standard InChI is InChI=1S/C12H14N4S2/c1-9-14-15-12(16(9)2)18-8-11-6-10(7-17-11)4-3-5-13/h6-7H,5,8,13H2,1-2H3. The lowest BCUT2D eigenvalue weighted by atomic mass is 10.3. The second-order valence-corrected chi connectivity index (χ2v) is 5.62. The molecule has 94 valence electrons. The molecule has 2 heterocycles. The van der Waals surface area contributed by atoms with E-state index in [1.807, 2.05) is 18.5 Å². The maximum atomic E-state index is 5.34. The van der Waals surface area contributed by atoms with Gasteiger partial charge in [0.2, 0.25) is 0 Å². The average Bonchev–Trinajstić information content (AvgIpc) is 2.94. The molecule has 0 fully saturated rings. The molecule has 2 rings (SSSR count). The fraction of sp³-hybridized carbons (Fsp3) is 0.333. The highest BCUT2D eigenvalue weighted by atomic mass is 32.2. The van der Waals surface area contributed by atoms with Crippen LogP contribution in [-0.2, 0) is 12.8 Å². The molecular weight excluding hydrogens is 264 g/mol. The second kappa shape index (κ2) is 6.05. The normalized spacial score (nSPS) is 10.2. The summed E-state index contributed by atoms with van der Waals surface area (Å²) in [5.41, 5.74) is 6.38. The molecule has 18 heavy (non-hydrogen) atoms. The largest absolute Gasteiger partial charge is 0.320 e. The Kier molecular flexibility index (Phi) is 4.42. The van der Waals surface area contributed by atoms with Crippen LogP contribution in [0.25, 0.3) is 0 Å². The third-order valence-corrected chi connectivity index (χ3v) is 4.57. The Hall–Kier alpha value is -1.29. The van der Waals surface area contributed by atoms with E-state index >= 15 is 0 Å². The number of hydrogen-bond acceptors (Lipinski definition) is 5. The molecule has 0 radical (unpaired) electrons. The van der Waals surface area contributed by atoms with Gasteiger partial charge in [-0.05, 0) is 13.0 Å². The van der Waals surface area contributed by atoms with Gasteiger partial charge in [0.05, 0.1) is 6.54 Å². The van der Waals surface area contributed by atoms with E-state index in [1.54, 1.807) is 23.1 Å². The van der Waals surface area contributed by atoms with Crippen molar-refractivity contribution in [3.05, 3.63) is 27.7 Å². The van der Waals surface area contributed by atoms with Gasteiger partial charge in [0.15, 0.2) is 5.16 Å². The van der Waals surface area contributed by atoms with Crippen molar-refractivity contribution in [3.63, 3.8) is 0 Å². The minimum atomic E-state index is 0.401. The molecule has 0 aliphatic carbocycles. The maximum Gasteiger partial charge on any atom is 0.191 e. The predicted molar refractivity (Wildman–Crippen MR) is 75.6 cm³/mol.